The van der Waals surface area contributed by atoms with Crippen LogP contribution in [-0.2, 0) is 22.6 Å². The van der Waals surface area contributed by atoms with Gasteiger partial charge in [0.05, 0.1) is 5.75 Å². The first kappa shape index (κ1) is 26.1. The Morgan fingerprint density at radius 1 is 0.912 bits per heavy atom. The van der Waals surface area contributed by atoms with Crippen LogP contribution in [0.3, 0.4) is 0 Å². The van der Waals surface area contributed by atoms with Crippen molar-refractivity contribution in [1.29, 1.82) is 0 Å². The summed E-state index contributed by atoms with van der Waals surface area (Å²) in [5.41, 5.74) is 1.87. The average molecular weight is 516 g/mol. The average Bonchev–Trinajstić information content (AvgIpc) is 2.85. The number of benzene rings is 3. The summed E-state index contributed by atoms with van der Waals surface area (Å²) >= 11 is 13.6. The second-order valence-electron chi connectivity index (χ2n) is 7.89. The smallest absolute Gasteiger partial charge is 0.243 e. The quantitative estimate of drug-likeness (QED) is 0.307. The summed E-state index contributed by atoms with van der Waals surface area (Å²) in [4.78, 5) is 29.4. The summed E-state index contributed by atoms with van der Waals surface area (Å²) in [6.45, 7) is 2.85. The van der Waals surface area contributed by atoms with Crippen molar-refractivity contribution in [2.45, 2.75) is 37.2 Å². The third-order valence-electron chi connectivity index (χ3n) is 5.24. The monoisotopic (exact) mass is 514 g/mol. The molecule has 3 aromatic carbocycles. The fourth-order valence-electron chi connectivity index (χ4n) is 3.51. The molecule has 0 aromatic heterocycles. The van der Waals surface area contributed by atoms with Crippen molar-refractivity contribution < 1.29 is 9.59 Å². The Bertz CT molecular complexity index is 1080. The van der Waals surface area contributed by atoms with Crippen LogP contribution in [0.25, 0.3) is 0 Å². The number of carbonyl (C=O) groups is 2. The first-order valence-electron chi connectivity index (χ1n) is 11.2. The number of nitrogens with one attached hydrogen (secondary N) is 1. The van der Waals surface area contributed by atoms with E-state index in [1.165, 1.54) is 11.8 Å². The molecule has 3 rings (SSSR count). The zero-order chi connectivity index (χ0) is 24.3. The summed E-state index contributed by atoms with van der Waals surface area (Å²) in [5.74, 6) is -0.0702. The number of nitrogens with zero attached hydrogens (tertiary/aromatic N) is 1. The van der Waals surface area contributed by atoms with Crippen LogP contribution in [0.2, 0.25) is 10.0 Å². The summed E-state index contributed by atoms with van der Waals surface area (Å²) in [6, 6.07) is 23.9. The van der Waals surface area contributed by atoms with E-state index in [9.17, 15) is 9.59 Å². The first-order chi connectivity index (χ1) is 16.5. The highest BCUT2D eigenvalue weighted by Crippen LogP contribution is 2.23. The molecule has 0 aliphatic rings. The first-order valence-corrected chi connectivity index (χ1v) is 12.9. The van der Waals surface area contributed by atoms with Crippen LogP contribution in [0, 0.1) is 0 Å². The molecule has 0 heterocycles. The molecule has 0 saturated heterocycles. The van der Waals surface area contributed by atoms with Gasteiger partial charge < -0.3 is 10.2 Å². The van der Waals surface area contributed by atoms with E-state index in [0.29, 0.717) is 23.0 Å². The van der Waals surface area contributed by atoms with Gasteiger partial charge in [-0.05, 0) is 53.9 Å². The van der Waals surface area contributed by atoms with E-state index >= 15 is 0 Å². The maximum absolute atomic E-state index is 13.5. The lowest BCUT2D eigenvalue weighted by molar-refractivity contribution is -0.139. The molecule has 3 aromatic rings. The lowest BCUT2D eigenvalue weighted by Crippen LogP contribution is -2.51. The molecule has 0 fully saturated rings. The molecule has 1 atom stereocenters. The molecule has 2 amide bonds. The predicted molar refractivity (Wildman–Crippen MR) is 141 cm³/mol. The number of hydrogen-bond donors (Lipinski definition) is 1. The number of rotatable bonds is 11. The summed E-state index contributed by atoms with van der Waals surface area (Å²) in [5, 5.41) is 4.22. The number of amides is 2. The maximum atomic E-state index is 13.5. The standard InChI is InChI=1S/C27H28Cl2N2O2S/c1-2-15-30-27(33)25(17-20-7-4-3-5-8-20)31(18-21-9-6-10-23(29)16-21)26(32)19-34-24-13-11-22(28)12-14-24/h3-14,16,25H,2,15,17-19H2,1H3,(H,30,33)/t25-/m1/s1. The van der Waals surface area contributed by atoms with E-state index in [-0.39, 0.29) is 24.1 Å². The molecule has 0 aliphatic carbocycles. The van der Waals surface area contributed by atoms with Gasteiger partial charge in [-0.1, -0.05) is 72.6 Å². The molecule has 178 valence electrons. The van der Waals surface area contributed by atoms with E-state index in [4.69, 9.17) is 23.2 Å². The molecule has 0 radical (unpaired) electrons. The normalized spacial score (nSPS) is 11.6. The van der Waals surface area contributed by atoms with Gasteiger partial charge in [-0.2, -0.15) is 0 Å². The topological polar surface area (TPSA) is 49.4 Å². The SMILES string of the molecule is CCCNC(=O)[C@@H](Cc1ccccc1)N(Cc1cccc(Cl)c1)C(=O)CSc1ccc(Cl)cc1. The largest absolute Gasteiger partial charge is 0.354 e. The molecule has 7 heteroatoms. The van der Waals surface area contributed by atoms with Crippen LogP contribution >= 0.6 is 35.0 Å². The van der Waals surface area contributed by atoms with E-state index in [0.717, 1.165) is 22.4 Å². The van der Waals surface area contributed by atoms with Crippen molar-refractivity contribution in [3.8, 4) is 0 Å². The number of thioether (sulfide) groups is 1. The van der Waals surface area contributed by atoms with Gasteiger partial charge in [0, 0.05) is 34.5 Å². The Balaban J connectivity index is 1.88. The Morgan fingerprint density at radius 2 is 1.62 bits per heavy atom. The fourth-order valence-corrected chi connectivity index (χ4v) is 4.63. The molecular weight excluding hydrogens is 487 g/mol. The molecule has 34 heavy (non-hydrogen) atoms. The Morgan fingerprint density at radius 3 is 2.29 bits per heavy atom. The molecule has 1 N–H and O–H groups in total. The second kappa shape index (κ2) is 13.4. The zero-order valence-electron chi connectivity index (χ0n) is 19.0. The molecule has 0 spiro atoms. The van der Waals surface area contributed by atoms with Gasteiger partial charge >= 0.3 is 0 Å². The van der Waals surface area contributed by atoms with Crippen LogP contribution in [0.4, 0.5) is 0 Å². The molecule has 0 bridgehead atoms. The van der Waals surface area contributed by atoms with E-state index in [2.05, 4.69) is 5.32 Å². The highest BCUT2D eigenvalue weighted by Gasteiger charge is 2.30. The molecule has 0 unspecified atom stereocenters. The van der Waals surface area contributed by atoms with Crippen LogP contribution < -0.4 is 5.32 Å². The van der Waals surface area contributed by atoms with Gasteiger partial charge in [0.2, 0.25) is 11.8 Å². The van der Waals surface area contributed by atoms with E-state index < -0.39 is 6.04 Å². The third kappa shape index (κ3) is 8.08. The Kier molecular flexibility index (Phi) is 10.3. The van der Waals surface area contributed by atoms with Gasteiger partial charge in [-0.3, -0.25) is 9.59 Å². The van der Waals surface area contributed by atoms with Gasteiger partial charge in [-0.25, -0.2) is 0 Å². The second-order valence-corrected chi connectivity index (χ2v) is 9.81. The minimum Gasteiger partial charge on any atom is -0.354 e. The van der Waals surface area contributed by atoms with Crippen molar-refractivity contribution in [2.75, 3.05) is 12.3 Å². The number of halogens is 2. The van der Waals surface area contributed by atoms with Gasteiger partial charge in [0.1, 0.15) is 6.04 Å². The lowest BCUT2D eigenvalue weighted by Gasteiger charge is -2.31. The fraction of sp³-hybridized carbons (Fsp3) is 0.259. The highest BCUT2D eigenvalue weighted by atomic mass is 35.5. The van der Waals surface area contributed by atoms with Crippen molar-refractivity contribution in [2.24, 2.45) is 0 Å². The summed E-state index contributed by atoms with van der Waals surface area (Å²) in [7, 11) is 0. The lowest BCUT2D eigenvalue weighted by atomic mass is 10.0. The van der Waals surface area contributed by atoms with Crippen molar-refractivity contribution in [3.63, 3.8) is 0 Å². The molecule has 4 nitrogen and oxygen atoms in total. The zero-order valence-corrected chi connectivity index (χ0v) is 21.4. The van der Waals surface area contributed by atoms with Crippen LogP contribution in [0.5, 0.6) is 0 Å². The van der Waals surface area contributed by atoms with Crippen LogP contribution in [0.15, 0.2) is 83.8 Å². The molecular formula is C27H28Cl2N2O2S. The van der Waals surface area contributed by atoms with Crippen LogP contribution in [0.1, 0.15) is 24.5 Å². The summed E-state index contributed by atoms with van der Waals surface area (Å²) < 4.78 is 0. The predicted octanol–water partition coefficient (Wildman–Crippen LogP) is 6.25. The van der Waals surface area contributed by atoms with Gasteiger partial charge in [0.25, 0.3) is 0 Å². The van der Waals surface area contributed by atoms with E-state index in [1.807, 2.05) is 67.6 Å². The summed E-state index contributed by atoms with van der Waals surface area (Å²) in [6.07, 6.45) is 1.24. The van der Waals surface area contributed by atoms with Gasteiger partial charge in [-0.15, -0.1) is 11.8 Å². The maximum Gasteiger partial charge on any atom is 0.243 e. The number of hydrogen-bond acceptors (Lipinski definition) is 3. The van der Waals surface area contributed by atoms with Crippen molar-refractivity contribution >= 4 is 46.8 Å². The number of carbonyl (C=O) groups excluding carboxylic acids is 2. The van der Waals surface area contributed by atoms with Crippen LogP contribution in [-0.4, -0.2) is 35.1 Å². The van der Waals surface area contributed by atoms with Gasteiger partial charge in [0.15, 0.2) is 0 Å². The van der Waals surface area contributed by atoms with Crippen molar-refractivity contribution in [1.82, 2.24) is 10.2 Å². The molecule has 0 aliphatic heterocycles. The molecule has 0 saturated carbocycles. The van der Waals surface area contributed by atoms with E-state index in [1.54, 1.807) is 23.1 Å². The van der Waals surface area contributed by atoms with Crippen molar-refractivity contribution in [3.05, 3.63) is 100 Å². The Hall–Kier alpha value is -2.47. The third-order valence-corrected chi connectivity index (χ3v) is 6.72. The minimum absolute atomic E-state index is 0.118. The minimum atomic E-state index is -0.647. The Labute approximate surface area is 215 Å². The highest BCUT2D eigenvalue weighted by molar-refractivity contribution is 8.00.